The van der Waals surface area contributed by atoms with Crippen molar-refractivity contribution in [1.82, 2.24) is 5.32 Å². The molecule has 1 aromatic carbocycles. The summed E-state index contributed by atoms with van der Waals surface area (Å²) in [5.74, 6) is 0.329. The summed E-state index contributed by atoms with van der Waals surface area (Å²) in [6.07, 6.45) is 2.32. The summed E-state index contributed by atoms with van der Waals surface area (Å²) < 4.78 is 13.8. The van der Waals surface area contributed by atoms with E-state index in [1.165, 1.54) is 12.5 Å². The lowest BCUT2D eigenvalue weighted by molar-refractivity contribution is 0.460. The van der Waals surface area contributed by atoms with Crippen molar-refractivity contribution >= 4 is 5.69 Å². The van der Waals surface area contributed by atoms with Crippen molar-refractivity contribution in [3.8, 4) is 0 Å². The highest BCUT2D eigenvalue weighted by Gasteiger charge is 2.20. The highest BCUT2D eigenvalue weighted by molar-refractivity contribution is 5.55. The van der Waals surface area contributed by atoms with E-state index in [9.17, 15) is 4.39 Å². The van der Waals surface area contributed by atoms with Crippen molar-refractivity contribution in [2.75, 3.05) is 32.1 Å². The van der Waals surface area contributed by atoms with Crippen LogP contribution in [0.1, 0.15) is 24.3 Å². The van der Waals surface area contributed by atoms with Gasteiger partial charge in [0.15, 0.2) is 0 Å². The molecule has 0 spiro atoms. The molecule has 1 N–H and O–H groups in total. The van der Waals surface area contributed by atoms with E-state index in [1.54, 1.807) is 0 Å². The number of halogens is 1. The fourth-order valence-corrected chi connectivity index (χ4v) is 2.45. The van der Waals surface area contributed by atoms with Gasteiger partial charge < -0.3 is 10.2 Å². The SMILES string of the molecule is CN(C)c1c(F)cccc1C1CCCNC1. The Balaban J connectivity index is 2.34. The number of nitrogens with zero attached hydrogens (tertiary/aromatic N) is 1. The third-order valence-corrected chi connectivity index (χ3v) is 3.20. The van der Waals surface area contributed by atoms with E-state index in [4.69, 9.17) is 0 Å². The topological polar surface area (TPSA) is 15.3 Å². The van der Waals surface area contributed by atoms with Crippen molar-refractivity contribution in [3.05, 3.63) is 29.6 Å². The fourth-order valence-electron chi connectivity index (χ4n) is 2.45. The third kappa shape index (κ3) is 2.19. The summed E-state index contributed by atoms with van der Waals surface area (Å²) in [6.45, 7) is 2.05. The van der Waals surface area contributed by atoms with Crippen LogP contribution in [0.5, 0.6) is 0 Å². The first-order chi connectivity index (χ1) is 7.70. The van der Waals surface area contributed by atoms with E-state index < -0.39 is 0 Å². The lowest BCUT2D eigenvalue weighted by Gasteiger charge is -2.27. The first kappa shape index (κ1) is 11.4. The molecular formula is C13H19FN2. The molecule has 1 aromatic rings. The van der Waals surface area contributed by atoms with Crippen molar-refractivity contribution in [1.29, 1.82) is 0 Å². The zero-order valence-corrected chi connectivity index (χ0v) is 9.96. The minimum absolute atomic E-state index is 0.118. The summed E-state index contributed by atoms with van der Waals surface area (Å²) in [5, 5.41) is 3.38. The minimum atomic E-state index is -0.118. The third-order valence-electron chi connectivity index (χ3n) is 3.20. The van der Waals surface area contributed by atoms with Gasteiger partial charge in [-0.2, -0.15) is 0 Å². The molecule has 1 fully saturated rings. The van der Waals surface area contributed by atoms with Gasteiger partial charge in [-0.05, 0) is 36.9 Å². The van der Waals surface area contributed by atoms with Gasteiger partial charge in [0, 0.05) is 20.6 Å². The van der Waals surface area contributed by atoms with Crippen LogP contribution in [0.3, 0.4) is 0 Å². The predicted octanol–water partition coefficient (Wildman–Crippen LogP) is 2.36. The van der Waals surface area contributed by atoms with Crippen LogP contribution in [0.4, 0.5) is 10.1 Å². The Kier molecular flexibility index (Phi) is 3.44. The van der Waals surface area contributed by atoms with Crippen LogP contribution >= 0.6 is 0 Å². The van der Waals surface area contributed by atoms with E-state index in [1.807, 2.05) is 25.1 Å². The smallest absolute Gasteiger partial charge is 0.146 e. The van der Waals surface area contributed by atoms with Crippen LogP contribution in [0.15, 0.2) is 18.2 Å². The molecule has 88 valence electrons. The summed E-state index contributed by atoms with van der Waals surface area (Å²) in [4.78, 5) is 1.87. The zero-order valence-electron chi connectivity index (χ0n) is 9.96. The maximum atomic E-state index is 13.8. The molecule has 0 aliphatic carbocycles. The Hall–Kier alpha value is -1.09. The molecule has 1 atom stereocenters. The van der Waals surface area contributed by atoms with Crippen LogP contribution in [0.25, 0.3) is 0 Å². The average molecular weight is 222 g/mol. The van der Waals surface area contributed by atoms with E-state index in [0.29, 0.717) is 5.92 Å². The monoisotopic (exact) mass is 222 g/mol. The second kappa shape index (κ2) is 4.83. The normalized spacial score (nSPS) is 20.8. The van der Waals surface area contributed by atoms with Gasteiger partial charge in [0.1, 0.15) is 5.82 Å². The second-order valence-electron chi connectivity index (χ2n) is 4.62. The molecule has 0 bridgehead atoms. The molecule has 0 radical (unpaired) electrons. The second-order valence-corrected chi connectivity index (χ2v) is 4.62. The lowest BCUT2D eigenvalue weighted by atomic mass is 9.90. The van der Waals surface area contributed by atoms with E-state index >= 15 is 0 Å². The average Bonchev–Trinajstić information content (AvgIpc) is 2.29. The van der Waals surface area contributed by atoms with Gasteiger partial charge in [0.2, 0.25) is 0 Å². The van der Waals surface area contributed by atoms with Crippen molar-refractivity contribution < 1.29 is 4.39 Å². The Bertz CT molecular complexity index is 357. The number of rotatable bonds is 2. The van der Waals surface area contributed by atoms with Gasteiger partial charge in [-0.1, -0.05) is 12.1 Å². The minimum Gasteiger partial charge on any atom is -0.375 e. The van der Waals surface area contributed by atoms with Crippen molar-refractivity contribution in [3.63, 3.8) is 0 Å². The van der Waals surface area contributed by atoms with Crippen LogP contribution in [-0.2, 0) is 0 Å². The van der Waals surface area contributed by atoms with Gasteiger partial charge in [-0.15, -0.1) is 0 Å². The molecule has 1 aliphatic heterocycles. The van der Waals surface area contributed by atoms with Crippen LogP contribution in [0, 0.1) is 5.82 Å². The molecule has 1 heterocycles. The Morgan fingerprint density at radius 2 is 2.19 bits per heavy atom. The molecule has 3 heteroatoms. The maximum absolute atomic E-state index is 13.8. The molecular weight excluding hydrogens is 203 g/mol. The molecule has 16 heavy (non-hydrogen) atoms. The van der Waals surface area contributed by atoms with Crippen LogP contribution < -0.4 is 10.2 Å². The summed E-state index contributed by atoms with van der Waals surface area (Å²) >= 11 is 0. The van der Waals surface area contributed by atoms with Gasteiger partial charge in [-0.3, -0.25) is 0 Å². The standard InChI is InChI=1S/C13H19FN2/c1-16(2)13-11(6-3-7-12(13)14)10-5-4-8-15-9-10/h3,6-7,10,15H,4-5,8-9H2,1-2H3. The fraction of sp³-hybridized carbons (Fsp3) is 0.538. The van der Waals surface area contributed by atoms with Gasteiger partial charge >= 0.3 is 0 Å². The summed E-state index contributed by atoms with van der Waals surface area (Å²) in [5.41, 5.74) is 1.88. The van der Waals surface area contributed by atoms with E-state index in [0.717, 1.165) is 30.8 Å². The molecule has 0 aromatic heterocycles. The number of para-hydroxylation sites is 1. The maximum Gasteiger partial charge on any atom is 0.146 e. The predicted molar refractivity (Wildman–Crippen MR) is 65.6 cm³/mol. The van der Waals surface area contributed by atoms with Crippen molar-refractivity contribution in [2.45, 2.75) is 18.8 Å². The van der Waals surface area contributed by atoms with E-state index in [2.05, 4.69) is 11.4 Å². The van der Waals surface area contributed by atoms with Gasteiger partial charge in [-0.25, -0.2) is 4.39 Å². The number of hydrogen-bond donors (Lipinski definition) is 1. The number of anilines is 1. The number of piperidine rings is 1. The first-order valence-electron chi connectivity index (χ1n) is 5.86. The summed E-state index contributed by atoms with van der Waals surface area (Å²) in [6, 6.07) is 5.40. The quantitative estimate of drug-likeness (QED) is 0.826. The largest absolute Gasteiger partial charge is 0.375 e. The molecule has 1 saturated heterocycles. The Morgan fingerprint density at radius 3 is 2.81 bits per heavy atom. The lowest BCUT2D eigenvalue weighted by Crippen LogP contribution is -2.29. The molecule has 2 nitrogen and oxygen atoms in total. The molecule has 1 aliphatic rings. The number of nitrogens with one attached hydrogen (secondary N) is 1. The highest BCUT2D eigenvalue weighted by Crippen LogP contribution is 2.32. The summed E-state index contributed by atoms with van der Waals surface area (Å²) in [7, 11) is 3.80. The molecule has 2 rings (SSSR count). The van der Waals surface area contributed by atoms with Gasteiger partial charge in [0.05, 0.1) is 5.69 Å². The number of hydrogen-bond acceptors (Lipinski definition) is 2. The van der Waals surface area contributed by atoms with Crippen LogP contribution in [0.2, 0.25) is 0 Å². The Morgan fingerprint density at radius 1 is 1.38 bits per heavy atom. The number of benzene rings is 1. The van der Waals surface area contributed by atoms with E-state index in [-0.39, 0.29) is 5.82 Å². The van der Waals surface area contributed by atoms with Crippen molar-refractivity contribution in [2.24, 2.45) is 0 Å². The zero-order chi connectivity index (χ0) is 11.5. The molecule has 0 saturated carbocycles. The first-order valence-corrected chi connectivity index (χ1v) is 5.86. The van der Waals surface area contributed by atoms with Crippen LogP contribution in [-0.4, -0.2) is 27.2 Å². The molecule has 1 unspecified atom stereocenters. The van der Waals surface area contributed by atoms with Gasteiger partial charge in [0.25, 0.3) is 0 Å². The Labute approximate surface area is 96.5 Å². The highest BCUT2D eigenvalue weighted by atomic mass is 19.1. The molecule has 0 amide bonds.